The van der Waals surface area contributed by atoms with Gasteiger partial charge in [0, 0.05) is 6.07 Å². The van der Waals surface area contributed by atoms with Crippen LogP contribution in [0.2, 0.25) is 0 Å². The number of H-pyrrole nitrogens is 1. The summed E-state index contributed by atoms with van der Waals surface area (Å²) in [5, 5.41) is 8.49. The second kappa shape index (κ2) is 3.44. The molecule has 1 rings (SSSR count). The number of carbonyl (C=O) groups is 1. The lowest BCUT2D eigenvalue weighted by molar-refractivity contribution is 0.0681. The fourth-order valence-corrected chi connectivity index (χ4v) is 0.984. The van der Waals surface area contributed by atoms with Crippen LogP contribution in [0.15, 0.2) is 10.9 Å². The second-order valence-corrected chi connectivity index (χ2v) is 2.48. The standard InChI is InChI=1S/C7H6F2N2O3/c8-6(9)5-4(7(13)14)2(12)1-3(10)11-5/h1,6H,(H,13,14)(H3,10,11,12). The summed E-state index contributed by atoms with van der Waals surface area (Å²) in [4.78, 5) is 23.4. The monoisotopic (exact) mass is 204 g/mol. The third-order valence-corrected chi connectivity index (χ3v) is 1.51. The number of hydrogen-bond acceptors (Lipinski definition) is 3. The van der Waals surface area contributed by atoms with Gasteiger partial charge in [-0.05, 0) is 0 Å². The lowest BCUT2D eigenvalue weighted by Gasteiger charge is -2.05. The summed E-state index contributed by atoms with van der Waals surface area (Å²) in [6.07, 6.45) is -3.09. The number of nitrogens with one attached hydrogen (secondary N) is 1. The predicted octanol–water partition coefficient (Wildman–Crippen LogP) is 0.593. The molecular formula is C7H6F2N2O3. The number of rotatable bonds is 2. The molecule has 0 spiro atoms. The van der Waals surface area contributed by atoms with Crippen LogP contribution in [0.4, 0.5) is 14.6 Å². The first-order valence-electron chi connectivity index (χ1n) is 3.47. The van der Waals surface area contributed by atoms with E-state index in [0.29, 0.717) is 0 Å². The molecule has 0 saturated carbocycles. The number of halogens is 2. The highest BCUT2D eigenvalue weighted by molar-refractivity contribution is 5.89. The van der Waals surface area contributed by atoms with Gasteiger partial charge in [-0.15, -0.1) is 0 Å². The summed E-state index contributed by atoms with van der Waals surface area (Å²) >= 11 is 0. The zero-order valence-electron chi connectivity index (χ0n) is 6.75. The first-order chi connectivity index (χ1) is 6.43. The maximum Gasteiger partial charge on any atom is 0.341 e. The van der Waals surface area contributed by atoms with Crippen LogP contribution in [-0.4, -0.2) is 16.1 Å². The third-order valence-electron chi connectivity index (χ3n) is 1.51. The first-order valence-corrected chi connectivity index (χ1v) is 3.47. The smallest absolute Gasteiger partial charge is 0.341 e. The van der Waals surface area contributed by atoms with E-state index in [1.807, 2.05) is 4.98 Å². The minimum Gasteiger partial charge on any atom is -0.477 e. The molecule has 0 saturated heterocycles. The minimum atomic E-state index is -3.09. The van der Waals surface area contributed by atoms with Crippen LogP contribution in [0, 0.1) is 0 Å². The maximum absolute atomic E-state index is 12.3. The molecule has 1 aromatic rings. The maximum atomic E-state index is 12.3. The van der Waals surface area contributed by atoms with Crippen molar-refractivity contribution < 1.29 is 18.7 Å². The van der Waals surface area contributed by atoms with E-state index in [0.717, 1.165) is 6.07 Å². The number of anilines is 1. The highest BCUT2D eigenvalue weighted by Gasteiger charge is 2.22. The van der Waals surface area contributed by atoms with Crippen molar-refractivity contribution in [2.45, 2.75) is 6.43 Å². The number of carboxylic acid groups (broad SMARTS) is 1. The van der Waals surface area contributed by atoms with Crippen LogP contribution in [-0.2, 0) is 0 Å². The first kappa shape index (κ1) is 10.2. The Morgan fingerprint density at radius 3 is 2.57 bits per heavy atom. The van der Waals surface area contributed by atoms with Crippen LogP contribution in [0.3, 0.4) is 0 Å². The molecule has 14 heavy (non-hydrogen) atoms. The van der Waals surface area contributed by atoms with E-state index in [4.69, 9.17) is 10.8 Å². The largest absolute Gasteiger partial charge is 0.477 e. The Bertz CT molecular complexity index is 427. The van der Waals surface area contributed by atoms with Crippen LogP contribution in [0.25, 0.3) is 0 Å². The van der Waals surface area contributed by atoms with E-state index in [2.05, 4.69) is 0 Å². The van der Waals surface area contributed by atoms with Crippen molar-refractivity contribution in [3.05, 3.63) is 27.5 Å². The van der Waals surface area contributed by atoms with Crippen molar-refractivity contribution in [3.8, 4) is 0 Å². The van der Waals surface area contributed by atoms with Gasteiger partial charge in [0.05, 0.1) is 0 Å². The zero-order valence-corrected chi connectivity index (χ0v) is 6.75. The molecule has 1 heterocycles. The van der Waals surface area contributed by atoms with E-state index < -0.39 is 29.1 Å². The molecule has 0 aliphatic carbocycles. The quantitative estimate of drug-likeness (QED) is 0.656. The fourth-order valence-electron chi connectivity index (χ4n) is 0.984. The number of carboxylic acids is 1. The SMILES string of the molecule is Nc1cc(=O)c(C(=O)O)c(C(F)F)[nH]1. The van der Waals surface area contributed by atoms with Crippen LogP contribution >= 0.6 is 0 Å². The molecule has 1 aromatic heterocycles. The Hall–Kier alpha value is -1.92. The van der Waals surface area contributed by atoms with Crippen molar-refractivity contribution >= 4 is 11.8 Å². The van der Waals surface area contributed by atoms with Crippen molar-refractivity contribution in [1.82, 2.24) is 4.98 Å². The van der Waals surface area contributed by atoms with Gasteiger partial charge in [-0.1, -0.05) is 0 Å². The normalized spacial score (nSPS) is 10.5. The highest BCUT2D eigenvalue weighted by Crippen LogP contribution is 2.19. The Morgan fingerprint density at radius 2 is 2.14 bits per heavy atom. The van der Waals surface area contributed by atoms with Gasteiger partial charge in [0.1, 0.15) is 17.1 Å². The van der Waals surface area contributed by atoms with Gasteiger partial charge in [0.2, 0.25) is 0 Å². The summed E-state index contributed by atoms with van der Waals surface area (Å²) < 4.78 is 24.5. The van der Waals surface area contributed by atoms with Crippen LogP contribution in [0.1, 0.15) is 22.5 Å². The molecule has 5 nitrogen and oxygen atoms in total. The van der Waals surface area contributed by atoms with Crippen molar-refractivity contribution in [1.29, 1.82) is 0 Å². The van der Waals surface area contributed by atoms with E-state index in [1.54, 1.807) is 0 Å². The van der Waals surface area contributed by atoms with E-state index in [1.165, 1.54) is 0 Å². The van der Waals surface area contributed by atoms with Gasteiger partial charge in [-0.2, -0.15) is 0 Å². The number of alkyl halides is 2. The van der Waals surface area contributed by atoms with Gasteiger partial charge in [0.15, 0.2) is 5.43 Å². The number of aromatic amines is 1. The van der Waals surface area contributed by atoms with E-state index >= 15 is 0 Å². The summed E-state index contributed by atoms with van der Waals surface area (Å²) in [6, 6.07) is 0.745. The molecule has 0 fully saturated rings. The summed E-state index contributed by atoms with van der Waals surface area (Å²) in [5.41, 5.74) is 2.10. The minimum absolute atomic E-state index is 0.296. The summed E-state index contributed by atoms with van der Waals surface area (Å²) in [7, 11) is 0. The van der Waals surface area contributed by atoms with Crippen LogP contribution in [0.5, 0.6) is 0 Å². The predicted molar refractivity (Wildman–Crippen MR) is 43.4 cm³/mol. The average Bonchev–Trinajstić information content (AvgIpc) is 2.01. The van der Waals surface area contributed by atoms with Gasteiger partial charge in [0.25, 0.3) is 6.43 Å². The Labute approximate surface area is 76.2 Å². The average molecular weight is 204 g/mol. The number of pyridine rings is 1. The lowest BCUT2D eigenvalue weighted by Crippen LogP contribution is -2.20. The molecule has 0 atom stereocenters. The summed E-state index contributed by atoms with van der Waals surface area (Å²) in [5.74, 6) is -2.00. The molecule has 0 radical (unpaired) electrons. The van der Waals surface area contributed by atoms with Gasteiger partial charge in [-0.3, -0.25) is 4.79 Å². The molecule has 0 aliphatic heterocycles. The zero-order chi connectivity index (χ0) is 10.9. The topological polar surface area (TPSA) is 96.2 Å². The van der Waals surface area contributed by atoms with Gasteiger partial charge >= 0.3 is 5.97 Å². The number of aromatic nitrogens is 1. The van der Waals surface area contributed by atoms with E-state index in [-0.39, 0.29) is 5.82 Å². The van der Waals surface area contributed by atoms with Crippen molar-refractivity contribution in [2.75, 3.05) is 5.73 Å². The van der Waals surface area contributed by atoms with Gasteiger partial charge < -0.3 is 15.8 Å². The Balaban J connectivity index is 3.53. The molecule has 4 N–H and O–H groups in total. The number of nitrogen functional groups attached to an aromatic ring is 1. The fraction of sp³-hybridized carbons (Fsp3) is 0.143. The molecule has 76 valence electrons. The van der Waals surface area contributed by atoms with Crippen LogP contribution < -0.4 is 11.2 Å². The molecule has 0 amide bonds. The molecule has 0 aliphatic rings. The lowest BCUT2D eigenvalue weighted by atomic mass is 10.2. The molecular weight excluding hydrogens is 198 g/mol. The van der Waals surface area contributed by atoms with Gasteiger partial charge in [-0.25, -0.2) is 13.6 Å². The molecule has 0 aromatic carbocycles. The molecule has 0 bridgehead atoms. The highest BCUT2D eigenvalue weighted by atomic mass is 19.3. The number of hydrogen-bond donors (Lipinski definition) is 3. The molecule has 7 heteroatoms. The summed E-state index contributed by atoms with van der Waals surface area (Å²) in [6.45, 7) is 0. The Kier molecular flexibility index (Phi) is 2.50. The van der Waals surface area contributed by atoms with Crippen molar-refractivity contribution in [3.63, 3.8) is 0 Å². The number of nitrogens with two attached hydrogens (primary N) is 1. The molecule has 0 unspecified atom stereocenters. The third kappa shape index (κ3) is 1.70. The van der Waals surface area contributed by atoms with E-state index in [9.17, 15) is 18.4 Å². The Morgan fingerprint density at radius 1 is 1.57 bits per heavy atom. The second-order valence-electron chi connectivity index (χ2n) is 2.48. The number of aromatic carboxylic acids is 1. The van der Waals surface area contributed by atoms with Crippen molar-refractivity contribution in [2.24, 2.45) is 0 Å².